The van der Waals surface area contributed by atoms with E-state index >= 15 is 0 Å². The van der Waals surface area contributed by atoms with Gasteiger partial charge in [-0.25, -0.2) is 4.98 Å². The van der Waals surface area contributed by atoms with E-state index in [1.165, 1.54) is 0 Å². The molecule has 0 unspecified atom stereocenters. The fraction of sp³-hybridized carbons (Fsp3) is 0. The van der Waals surface area contributed by atoms with Crippen LogP contribution in [0.25, 0.3) is 44.4 Å². The standard InChI is InChI=1S/C19H11N3O/c1-2-6-17-12(4-1)13-7-8-15(22-19(13)23-17)14-9-11-20-16-5-3-10-21-18(14)16/h1-11H. The molecule has 0 N–H and O–H groups in total. The van der Waals surface area contributed by atoms with Crippen molar-refractivity contribution in [1.29, 1.82) is 0 Å². The third-order valence-electron chi connectivity index (χ3n) is 4.02. The lowest BCUT2D eigenvalue weighted by Crippen LogP contribution is -1.89. The Hall–Kier alpha value is -3.27. The van der Waals surface area contributed by atoms with E-state index in [9.17, 15) is 0 Å². The Morgan fingerprint density at radius 2 is 1.70 bits per heavy atom. The summed E-state index contributed by atoms with van der Waals surface area (Å²) in [5.74, 6) is 0. The van der Waals surface area contributed by atoms with Crippen molar-refractivity contribution < 1.29 is 4.42 Å². The van der Waals surface area contributed by atoms with Crippen LogP contribution in [0.1, 0.15) is 0 Å². The van der Waals surface area contributed by atoms with E-state index in [-0.39, 0.29) is 0 Å². The second-order valence-electron chi connectivity index (χ2n) is 5.38. The SMILES string of the molecule is c1cnc2c(-c3ccc4c(n3)oc3ccccc34)ccnc2c1. The van der Waals surface area contributed by atoms with Crippen molar-refractivity contribution >= 4 is 33.1 Å². The lowest BCUT2D eigenvalue weighted by molar-refractivity contribution is 0.654. The molecule has 0 aliphatic carbocycles. The van der Waals surface area contributed by atoms with Crippen molar-refractivity contribution in [2.75, 3.05) is 0 Å². The molecule has 0 radical (unpaired) electrons. The Bertz CT molecular complexity index is 1170. The minimum Gasteiger partial charge on any atom is -0.438 e. The molecule has 0 bridgehead atoms. The number of nitrogens with zero attached hydrogens (tertiary/aromatic N) is 3. The van der Waals surface area contributed by atoms with Gasteiger partial charge in [0, 0.05) is 28.7 Å². The van der Waals surface area contributed by atoms with Gasteiger partial charge in [0.05, 0.1) is 16.7 Å². The summed E-state index contributed by atoms with van der Waals surface area (Å²) in [6.45, 7) is 0. The molecule has 108 valence electrons. The normalized spacial score (nSPS) is 11.5. The summed E-state index contributed by atoms with van der Waals surface area (Å²) >= 11 is 0. The molecule has 0 saturated carbocycles. The van der Waals surface area contributed by atoms with E-state index in [2.05, 4.69) is 16.0 Å². The number of aromatic nitrogens is 3. The quantitative estimate of drug-likeness (QED) is 0.454. The van der Waals surface area contributed by atoms with E-state index in [1.807, 2.05) is 48.5 Å². The van der Waals surface area contributed by atoms with E-state index in [1.54, 1.807) is 12.4 Å². The number of hydrogen-bond acceptors (Lipinski definition) is 4. The molecule has 5 rings (SSSR count). The Morgan fingerprint density at radius 1 is 0.739 bits per heavy atom. The smallest absolute Gasteiger partial charge is 0.227 e. The van der Waals surface area contributed by atoms with Crippen molar-refractivity contribution in [3.8, 4) is 11.3 Å². The first kappa shape index (κ1) is 12.3. The van der Waals surface area contributed by atoms with Crippen LogP contribution in [0.4, 0.5) is 0 Å². The first-order valence-corrected chi connectivity index (χ1v) is 7.38. The molecule has 4 nitrogen and oxygen atoms in total. The van der Waals surface area contributed by atoms with Gasteiger partial charge in [-0.15, -0.1) is 0 Å². The second kappa shape index (κ2) is 4.61. The molecule has 0 saturated heterocycles. The predicted octanol–water partition coefficient (Wildman–Crippen LogP) is 4.59. The van der Waals surface area contributed by atoms with Crippen molar-refractivity contribution in [1.82, 2.24) is 15.0 Å². The van der Waals surface area contributed by atoms with Gasteiger partial charge in [0.25, 0.3) is 0 Å². The number of hydrogen-bond donors (Lipinski definition) is 0. The lowest BCUT2D eigenvalue weighted by Gasteiger charge is -2.04. The summed E-state index contributed by atoms with van der Waals surface area (Å²) in [5.41, 5.74) is 4.99. The van der Waals surface area contributed by atoms with Crippen LogP contribution in [-0.2, 0) is 0 Å². The Labute approximate surface area is 131 Å². The second-order valence-corrected chi connectivity index (χ2v) is 5.38. The number of fused-ring (bicyclic) bond motifs is 4. The average Bonchev–Trinajstić information content (AvgIpc) is 2.99. The minimum absolute atomic E-state index is 0.643. The largest absolute Gasteiger partial charge is 0.438 e. The van der Waals surface area contributed by atoms with Crippen LogP contribution in [0, 0.1) is 0 Å². The molecule has 4 aromatic heterocycles. The highest BCUT2D eigenvalue weighted by molar-refractivity contribution is 6.04. The molecular weight excluding hydrogens is 286 g/mol. The van der Waals surface area contributed by atoms with E-state index in [4.69, 9.17) is 9.40 Å². The Morgan fingerprint density at radius 3 is 2.70 bits per heavy atom. The van der Waals surface area contributed by atoms with Gasteiger partial charge in [0.1, 0.15) is 5.58 Å². The van der Waals surface area contributed by atoms with Crippen LogP contribution in [0.3, 0.4) is 0 Å². The fourth-order valence-electron chi connectivity index (χ4n) is 2.94. The maximum atomic E-state index is 5.88. The Balaban J connectivity index is 1.81. The number of pyridine rings is 3. The fourth-order valence-corrected chi connectivity index (χ4v) is 2.94. The molecule has 4 heterocycles. The van der Waals surface area contributed by atoms with Crippen LogP contribution in [0.5, 0.6) is 0 Å². The molecule has 0 amide bonds. The summed E-state index contributed by atoms with van der Waals surface area (Å²) in [7, 11) is 0. The number of furan rings is 1. The highest BCUT2D eigenvalue weighted by Gasteiger charge is 2.11. The highest BCUT2D eigenvalue weighted by atomic mass is 16.3. The number of para-hydroxylation sites is 1. The van der Waals surface area contributed by atoms with Crippen molar-refractivity contribution in [3.05, 3.63) is 67.0 Å². The summed E-state index contributed by atoms with van der Waals surface area (Å²) in [6, 6.07) is 17.8. The van der Waals surface area contributed by atoms with Crippen LogP contribution in [-0.4, -0.2) is 15.0 Å². The molecule has 0 fully saturated rings. The molecule has 0 aliphatic heterocycles. The van der Waals surface area contributed by atoms with Crippen LogP contribution in [0.2, 0.25) is 0 Å². The summed E-state index contributed by atoms with van der Waals surface area (Å²) < 4.78 is 5.88. The topological polar surface area (TPSA) is 51.8 Å². The minimum atomic E-state index is 0.643. The van der Waals surface area contributed by atoms with E-state index in [0.717, 1.165) is 38.6 Å². The van der Waals surface area contributed by atoms with Gasteiger partial charge in [-0.1, -0.05) is 18.2 Å². The summed E-state index contributed by atoms with van der Waals surface area (Å²) in [6.07, 6.45) is 3.55. The maximum absolute atomic E-state index is 5.88. The summed E-state index contributed by atoms with van der Waals surface area (Å²) in [4.78, 5) is 13.5. The van der Waals surface area contributed by atoms with Gasteiger partial charge >= 0.3 is 0 Å². The molecule has 1 aromatic carbocycles. The van der Waals surface area contributed by atoms with Gasteiger partial charge in [0.2, 0.25) is 5.71 Å². The molecule has 0 aliphatic rings. The van der Waals surface area contributed by atoms with Crippen molar-refractivity contribution in [3.63, 3.8) is 0 Å². The molecule has 4 heteroatoms. The highest BCUT2D eigenvalue weighted by Crippen LogP contribution is 2.31. The third-order valence-corrected chi connectivity index (χ3v) is 4.02. The molecule has 0 atom stereocenters. The van der Waals surface area contributed by atoms with Gasteiger partial charge < -0.3 is 4.42 Å². The summed E-state index contributed by atoms with van der Waals surface area (Å²) in [5, 5.41) is 2.11. The van der Waals surface area contributed by atoms with Crippen molar-refractivity contribution in [2.45, 2.75) is 0 Å². The third kappa shape index (κ3) is 1.82. The first-order chi connectivity index (χ1) is 11.4. The molecule has 5 aromatic rings. The predicted molar refractivity (Wildman–Crippen MR) is 90.0 cm³/mol. The zero-order chi connectivity index (χ0) is 15.2. The van der Waals surface area contributed by atoms with E-state index in [0.29, 0.717) is 5.71 Å². The van der Waals surface area contributed by atoms with Crippen molar-refractivity contribution in [2.24, 2.45) is 0 Å². The molecule has 0 spiro atoms. The maximum Gasteiger partial charge on any atom is 0.227 e. The van der Waals surface area contributed by atoms with Crippen LogP contribution in [0.15, 0.2) is 71.4 Å². The van der Waals surface area contributed by atoms with Crippen LogP contribution >= 0.6 is 0 Å². The molecule has 23 heavy (non-hydrogen) atoms. The number of benzene rings is 1. The van der Waals surface area contributed by atoms with Gasteiger partial charge in [-0.3, -0.25) is 9.97 Å². The average molecular weight is 297 g/mol. The number of rotatable bonds is 1. The first-order valence-electron chi connectivity index (χ1n) is 7.38. The monoisotopic (exact) mass is 297 g/mol. The van der Waals surface area contributed by atoms with E-state index < -0.39 is 0 Å². The van der Waals surface area contributed by atoms with Gasteiger partial charge in [-0.2, -0.15) is 0 Å². The van der Waals surface area contributed by atoms with Gasteiger partial charge in [-0.05, 0) is 36.4 Å². The lowest BCUT2D eigenvalue weighted by atomic mass is 10.1. The zero-order valence-electron chi connectivity index (χ0n) is 12.1. The van der Waals surface area contributed by atoms with Gasteiger partial charge in [0.15, 0.2) is 0 Å². The molecular formula is C19H11N3O. The Kier molecular flexibility index (Phi) is 2.46. The zero-order valence-corrected chi connectivity index (χ0v) is 12.1. The van der Waals surface area contributed by atoms with Crippen LogP contribution < -0.4 is 0 Å².